The molecule has 1 rings (SSSR count). The van der Waals surface area contributed by atoms with Gasteiger partial charge in [0.15, 0.2) is 0 Å². The van der Waals surface area contributed by atoms with E-state index in [4.69, 9.17) is 4.74 Å². The third kappa shape index (κ3) is 4.92. The van der Waals surface area contributed by atoms with Crippen molar-refractivity contribution in [2.45, 2.75) is 32.4 Å². The zero-order valence-corrected chi connectivity index (χ0v) is 12.1. The fraction of sp³-hybridized carbons (Fsp3) is 1.00. The molecule has 0 aliphatic carbocycles. The number of nitrogens with zero attached hydrogens (tertiary/aromatic N) is 2. The lowest BCUT2D eigenvalue weighted by molar-refractivity contribution is 0.0400. The molecule has 4 heteroatoms. The summed E-state index contributed by atoms with van der Waals surface area (Å²) in [5.41, 5.74) is 0.302. The van der Waals surface area contributed by atoms with E-state index in [0.29, 0.717) is 11.6 Å². The Labute approximate surface area is 106 Å². The Bertz CT molecular complexity index is 221. The predicted molar refractivity (Wildman–Crippen MR) is 72.5 cm³/mol. The SMILES string of the molecule is COCC(C)NCCN1CCN(C)C(C)(C)C1. The highest BCUT2D eigenvalue weighted by molar-refractivity contribution is 4.88. The van der Waals surface area contributed by atoms with Gasteiger partial charge in [0.05, 0.1) is 6.61 Å². The Morgan fingerprint density at radius 3 is 2.65 bits per heavy atom. The van der Waals surface area contributed by atoms with E-state index in [-0.39, 0.29) is 0 Å². The molecule has 0 aromatic rings. The van der Waals surface area contributed by atoms with Crippen LogP contribution in [0.15, 0.2) is 0 Å². The highest BCUT2D eigenvalue weighted by atomic mass is 16.5. The van der Waals surface area contributed by atoms with Crippen molar-refractivity contribution in [2.75, 3.05) is 53.5 Å². The van der Waals surface area contributed by atoms with Gasteiger partial charge in [-0.1, -0.05) is 0 Å². The van der Waals surface area contributed by atoms with Gasteiger partial charge in [-0.15, -0.1) is 0 Å². The summed E-state index contributed by atoms with van der Waals surface area (Å²) < 4.78 is 5.11. The molecular weight excluding hydrogens is 214 g/mol. The molecule has 4 nitrogen and oxygen atoms in total. The van der Waals surface area contributed by atoms with Crippen LogP contribution >= 0.6 is 0 Å². The first-order valence-electron chi connectivity index (χ1n) is 6.61. The van der Waals surface area contributed by atoms with Gasteiger partial charge in [-0.2, -0.15) is 0 Å². The standard InChI is InChI=1S/C13H29N3O/c1-12(10-17-5)14-6-7-16-9-8-15(4)13(2,3)11-16/h12,14H,6-11H2,1-5H3. The molecule has 102 valence electrons. The van der Waals surface area contributed by atoms with Crippen LogP contribution in [0.2, 0.25) is 0 Å². The Hall–Kier alpha value is -0.160. The highest BCUT2D eigenvalue weighted by Crippen LogP contribution is 2.18. The molecule has 0 aromatic carbocycles. The molecule has 1 unspecified atom stereocenters. The minimum atomic E-state index is 0.302. The fourth-order valence-electron chi connectivity index (χ4n) is 2.31. The van der Waals surface area contributed by atoms with Crippen LogP contribution in [0, 0.1) is 0 Å². The molecule has 1 saturated heterocycles. The van der Waals surface area contributed by atoms with E-state index in [9.17, 15) is 0 Å². The maximum absolute atomic E-state index is 5.11. The number of likely N-dealkylation sites (N-methyl/N-ethyl adjacent to an activating group) is 1. The molecule has 1 aliphatic rings. The van der Waals surface area contributed by atoms with E-state index in [2.05, 4.69) is 42.9 Å². The van der Waals surface area contributed by atoms with Crippen molar-refractivity contribution < 1.29 is 4.74 Å². The van der Waals surface area contributed by atoms with Crippen molar-refractivity contribution in [2.24, 2.45) is 0 Å². The minimum Gasteiger partial charge on any atom is -0.383 e. The Morgan fingerprint density at radius 1 is 1.35 bits per heavy atom. The summed E-state index contributed by atoms with van der Waals surface area (Å²) in [6.07, 6.45) is 0. The van der Waals surface area contributed by atoms with Crippen LogP contribution in [0.25, 0.3) is 0 Å². The molecule has 1 atom stereocenters. The van der Waals surface area contributed by atoms with Crippen molar-refractivity contribution in [3.05, 3.63) is 0 Å². The van der Waals surface area contributed by atoms with Gasteiger partial charge in [0, 0.05) is 51.4 Å². The molecule has 17 heavy (non-hydrogen) atoms. The first-order valence-corrected chi connectivity index (χ1v) is 6.61. The molecule has 0 saturated carbocycles. The monoisotopic (exact) mass is 243 g/mol. The summed E-state index contributed by atoms with van der Waals surface area (Å²) in [6.45, 7) is 13.3. The van der Waals surface area contributed by atoms with Crippen LogP contribution in [0.5, 0.6) is 0 Å². The fourth-order valence-corrected chi connectivity index (χ4v) is 2.31. The van der Waals surface area contributed by atoms with Crippen LogP contribution in [0.1, 0.15) is 20.8 Å². The number of ether oxygens (including phenoxy) is 1. The molecule has 0 amide bonds. The maximum Gasteiger partial charge on any atom is 0.0613 e. The van der Waals surface area contributed by atoms with Gasteiger partial charge in [-0.25, -0.2) is 0 Å². The highest BCUT2D eigenvalue weighted by Gasteiger charge is 2.30. The second kappa shape index (κ2) is 6.69. The zero-order chi connectivity index (χ0) is 12.9. The average molecular weight is 243 g/mol. The van der Waals surface area contributed by atoms with Crippen molar-refractivity contribution in [3.63, 3.8) is 0 Å². The van der Waals surface area contributed by atoms with E-state index in [0.717, 1.165) is 26.2 Å². The first-order chi connectivity index (χ1) is 7.95. The molecule has 1 N–H and O–H groups in total. The van der Waals surface area contributed by atoms with Gasteiger partial charge < -0.3 is 10.1 Å². The molecule has 0 spiro atoms. The Balaban J connectivity index is 2.20. The number of methoxy groups -OCH3 is 1. The van der Waals surface area contributed by atoms with Crippen LogP contribution in [0.4, 0.5) is 0 Å². The summed E-state index contributed by atoms with van der Waals surface area (Å²) in [5.74, 6) is 0. The Kier molecular flexibility index (Phi) is 5.86. The second-order valence-corrected chi connectivity index (χ2v) is 5.82. The maximum atomic E-state index is 5.11. The molecule has 1 aliphatic heterocycles. The summed E-state index contributed by atoms with van der Waals surface area (Å²) in [6, 6.07) is 0.445. The second-order valence-electron chi connectivity index (χ2n) is 5.82. The molecule has 0 bridgehead atoms. The van der Waals surface area contributed by atoms with Crippen molar-refractivity contribution in [1.82, 2.24) is 15.1 Å². The van der Waals surface area contributed by atoms with Crippen LogP contribution in [0.3, 0.4) is 0 Å². The molecule has 1 fully saturated rings. The quantitative estimate of drug-likeness (QED) is 0.741. The topological polar surface area (TPSA) is 27.7 Å². The van der Waals surface area contributed by atoms with E-state index in [1.807, 2.05) is 0 Å². The lowest BCUT2D eigenvalue weighted by Gasteiger charge is -2.45. The van der Waals surface area contributed by atoms with Gasteiger partial charge >= 0.3 is 0 Å². The zero-order valence-electron chi connectivity index (χ0n) is 12.1. The number of nitrogens with one attached hydrogen (secondary N) is 1. The van der Waals surface area contributed by atoms with Gasteiger partial charge in [-0.05, 0) is 27.8 Å². The van der Waals surface area contributed by atoms with Crippen LogP contribution < -0.4 is 5.32 Å². The van der Waals surface area contributed by atoms with E-state index < -0.39 is 0 Å². The number of hydrogen-bond donors (Lipinski definition) is 1. The lowest BCUT2D eigenvalue weighted by atomic mass is 10.00. The minimum absolute atomic E-state index is 0.302. The smallest absolute Gasteiger partial charge is 0.0613 e. The van der Waals surface area contributed by atoms with E-state index in [1.165, 1.54) is 13.1 Å². The third-order valence-corrected chi connectivity index (χ3v) is 3.73. The predicted octanol–water partition coefficient (Wildman–Crippen LogP) is 0.637. The van der Waals surface area contributed by atoms with E-state index >= 15 is 0 Å². The number of rotatable bonds is 6. The Morgan fingerprint density at radius 2 is 2.06 bits per heavy atom. The molecule has 0 radical (unpaired) electrons. The van der Waals surface area contributed by atoms with Crippen LogP contribution in [-0.4, -0.2) is 74.9 Å². The summed E-state index contributed by atoms with van der Waals surface area (Å²) >= 11 is 0. The average Bonchev–Trinajstić information content (AvgIpc) is 2.23. The molecular formula is C13H29N3O. The number of piperazine rings is 1. The summed E-state index contributed by atoms with van der Waals surface area (Å²) in [5, 5.41) is 3.49. The summed E-state index contributed by atoms with van der Waals surface area (Å²) in [7, 11) is 3.97. The van der Waals surface area contributed by atoms with Crippen molar-refractivity contribution in [1.29, 1.82) is 0 Å². The van der Waals surface area contributed by atoms with Crippen LogP contribution in [-0.2, 0) is 4.74 Å². The first kappa shape index (κ1) is 14.9. The van der Waals surface area contributed by atoms with Gasteiger partial charge in [-0.3, -0.25) is 9.80 Å². The lowest BCUT2D eigenvalue weighted by Crippen LogP contribution is -2.58. The number of hydrogen-bond acceptors (Lipinski definition) is 4. The third-order valence-electron chi connectivity index (χ3n) is 3.73. The van der Waals surface area contributed by atoms with Crippen molar-refractivity contribution in [3.8, 4) is 0 Å². The van der Waals surface area contributed by atoms with Gasteiger partial charge in [0.25, 0.3) is 0 Å². The van der Waals surface area contributed by atoms with Crippen molar-refractivity contribution >= 4 is 0 Å². The van der Waals surface area contributed by atoms with Gasteiger partial charge in [0.2, 0.25) is 0 Å². The molecule has 1 heterocycles. The largest absolute Gasteiger partial charge is 0.383 e. The normalized spacial score (nSPS) is 23.8. The van der Waals surface area contributed by atoms with E-state index in [1.54, 1.807) is 7.11 Å². The van der Waals surface area contributed by atoms with Gasteiger partial charge in [0.1, 0.15) is 0 Å². The molecule has 0 aromatic heterocycles. The summed E-state index contributed by atoms with van der Waals surface area (Å²) in [4.78, 5) is 5.00.